The highest BCUT2D eigenvalue weighted by Gasteiger charge is 2.39. The van der Waals surface area contributed by atoms with E-state index >= 15 is 0 Å². The second-order valence-corrected chi connectivity index (χ2v) is 5.56. The number of carbonyl (C=O) groups is 2. The molecule has 1 fully saturated rings. The highest BCUT2D eigenvalue weighted by molar-refractivity contribution is 6.23. The molecule has 7 nitrogen and oxygen atoms in total. The van der Waals surface area contributed by atoms with Crippen LogP contribution in [0.1, 0.15) is 12.0 Å². The van der Waals surface area contributed by atoms with Gasteiger partial charge in [-0.2, -0.15) is 5.26 Å². The van der Waals surface area contributed by atoms with Crippen LogP contribution in [0.3, 0.4) is 0 Å². The molecule has 0 bridgehead atoms. The standard InChI is InChI=1S/C18H16N4O3/c1-25-16-7-6-14(11-20-16)22-17(23)10-15(18(22)24)21-13-4-2-12(3-5-13)8-9-19/h2-7,11,15,21H,8,10H2,1H3/t15-/m1/s1. The van der Waals surface area contributed by atoms with Gasteiger partial charge >= 0.3 is 0 Å². The number of amides is 2. The molecule has 0 aliphatic carbocycles. The molecule has 1 N–H and O–H groups in total. The van der Waals surface area contributed by atoms with Crippen molar-refractivity contribution in [3.05, 3.63) is 48.2 Å². The Labute approximate surface area is 144 Å². The van der Waals surface area contributed by atoms with Crippen molar-refractivity contribution in [2.24, 2.45) is 0 Å². The summed E-state index contributed by atoms with van der Waals surface area (Å²) in [6, 6.07) is 11.9. The molecule has 126 valence electrons. The van der Waals surface area contributed by atoms with Gasteiger partial charge in [-0.05, 0) is 23.8 Å². The molecule has 1 aliphatic heterocycles. The molecule has 2 heterocycles. The summed E-state index contributed by atoms with van der Waals surface area (Å²) in [4.78, 5) is 30.0. The van der Waals surface area contributed by atoms with Crippen molar-refractivity contribution in [3.8, 4) is 11.9 Å². The zero-order valence-electron chi connectivity index (χ0n) is 13.6. The minimum Gasteiger partial charge on any atom is -0.481 e. The Kier molecular flexibility index (Phi) is 4.61. The number of hydrogen-bond acceptors (Lipinski definition) is 6. The highest BCUT2D eigenvalue weighted by Crippen LogP contribution is 2.25. The van der Waals surface area contributed by atoms with Gasteiger partial charge in [-0.25, -0.2) is 9.88 Å². The third kappa shape index (κ3) is 3.43. The lowest BCUT2D eigenvalue weighted by atomic mass is 10.1. The molecule has 7 heteroatoms. The Morgan fingerprint density at radius 1 is 1.28 bits per heavy atom. The van der Waals surface area contributed by atoms with Crippen molar-refractivity contribution in [1.82, 2.24) is 4.98 Å². The van der Waals surface area contributed by atoms with Crippen LogP contribution in [0.25, 0.3) is 0 Å². The Bertz CT molecular complexity index is 825. The van der Waals surface area contributed by atoms with Crippen LogP contribution in [0.4, 0.5) is 11.4 Å². The molecule has 2 amide bonds. The molecule has 0 spiro atoms. The lowest BCUT2D eigenvalue weighted by Gasteiger charge is -2.16. The average molecular weight is 336 g/mol. The first-order chi connectivity index (χ1) is 12.1. The summed E-state index contributed by atoms with van der Waals surface area (Å²) in [5, 5.41) is 11.8. The lowest BCUT2D eigenvalue weighted by molar-refractivity contribution is -0.121. The SMILES string of the molecule is COc1ccc(N2C(=O)C[C@@H](Nc3ccc(CC#N)cc3)C2=O)cn1. The van der Waals surface area contributed by atoms with Gasteiger partial charge in [0.05, 0.1) is 37.9 Å². The first-order valence-corrected chi connectivity index (χ1v) is 7.71. The number of nitrogens with one attached hydrogen (secondary N) is 1. The number of imide groups is 1. The quantitative estimate of drug-likeness (QED) is 0.838. The Morgan fingerprint density at radius 3 is 2.64 bits per heavy atom. The van der Waals surface area contributed by atoms with Gasteiger partial charge in [0.15, 0.2) is 0 Å². The number of carbonyl (C=O) groups excluding carboxylic acids is 2. The Hall–Kier alpha value is -3.40. The molecule has 3 rings (SSSR count). The molecule has 1 saturated heterocycles. The van der Waals surface area contributed by atoms with E-state index in [-0.39, 0.29) is 18.2 Å². The van der Waals surface area contributed by atoms with Crippen LogP contribution in [-0.2, 0) is 16.0 Å². The van der Waals surface area contributed by atoms with Crippen LogP contribution in [0.2, 0.25) is 0 Å². The minimum absolute atomic E-state index is 0.0742. The summed E-state index contributed by atoms with van der Waals surface area (Å²) in [5.41, 5.74) is 2.04. The topological polar surface area (TPSA) is 95.3 Å². The molecular formula is C18H16N4O3. The fourth-order valence-corrected chi connectivity index (χ4v) is 2.65. The minimum atomic E-state index is -0.628. The summed E-state index contributed by atoms with van der Waals surface area (Å²) in [6.07, 6.45) is 1.85. The van der Waals surface area contributed by atoms with Gasteiger partial charge in [0.1, 0.15) is 6.04 Å². The monoisotopic (exact) mass is 336 g/mol. The summed E-state index contributed by atoms with van der Waals surface area (Å²) in [6.45, 7) is 0. The maximum atomic E-state index is 12.6. The molecule has 1 aromatic carbocycles. The first kappa shape index (κ1) is 16.5. The van der Waals surface area contributed by atoms with Crippen LogP contribution in [0.5, 0.6) is 5.88 Å². The largest absolute Gasteiger partial charge is 0.481 e. The molecule has 0 unspecified atom stereocenters. The number of aromatic nitrogens is 1. The average Bonchev–Trinajstić information content (AvgIpc) is 2.90. The first-order valence-electron chi connectivity index (χ1n) is 7.71. The zero-order chi connectivity index (χ0) is 17.8. The molecule has 0 radical (unpaired) electrons. The van der Waals surface area contributed by atoms with E-state index < -0.39 is 6.04 Å². The molecular weight excluding hydrogens is 320 g/mol. The van der Waals surface area contributed by atoms with Crippen molar-refractivity contribution < 1.29 is 14.3 Å². The molecule has 25 heavy (non-hydrogen) atoms. The van der Waals surface area contributed by atoms with E-state index in [0.29, 0.717) is 18.0 Å². The third-order valence-electron chi connectivity index (χ3n) is 3.91. The van der Waals surface area contributed by atoms with Crippen LogP contribution >= 0.6 is 0 Å². The Balaban J connectivity index is 1.73. The number of anilines is 2. The van der Waals surface area contributed by atoms with Crippen molar-refractivity contribution >= 4 is 23.2 Å². The van der Waals surface area contributed by atoms with Gasteiger partial charge < -0.3 is 10.1 Å². The molecule has 0 saturated carbocycles. The van der Waals surface area contributed by atoms with Crippen molar-refractivity contribution in [2.45, 2.75) is 18.9 Å². The van der Waals surface area contributed by atoms with E-state index in [1.54, 1.807) is 24.3 Å². The maximum absolute atomic E-state index is 12.6. The molecule has 1 aliphatic rings. The number of pyridine rings is 1. The summed E-state index contributed by atoms with van der Waals surface area (Å²) in [7, 11) is 1.50. The summed E-state index contributed by atoms with van der Waals surface area (Å²) in [5.74, 6) is -0.191. The van der Waals surface area contributed by atoms with Gasteiger partial charge in [-0.1, -0.05) is 12.1 Å². The zero-order valence-corrected chi connectivity index (χ0v) is 13.6. The van der Waals surface area contributed by atoms with Gasteiger partial charge in [0, 0.05) is 11.8 Å². The fraction of sp³-hybridized carbons (Fsp3) is 0.222. The molecule has 1 atom stereocenters. The van der Waals surface area contributed by atoms with E-state index in [1.807, 2.05) is 12.1 Å². The van der Waals surface area contributed by atoms with Crippen LogP contribution < -0.4 is 15.0 Å². The number of ether oxygens (including phenoxy) is 1. The second kappa shape index (κ2) is 7.01. The van der Waals surface area contributed by atoms with Crippen molar-refractivity contribution in [2.75, 3.05) is 17.3 Å². The molecule has 1 aromatic heterocycles. The maximum Gasteiger partial charge on any atom is 0.256 e. The highest BCUT2D eigenvalue weighted by atomic mass is 16.5. The summed E-state index contributed by atoms with van der Waals surface area (Å²) < 4.78 is 4.98. The van der Waals surface area contributed by atoms with E-state index in [9.17, 15) is 9.59 Å². The Morgan fingerprint density at radius 2 is 2.04 bits per heavy atom. The van der Waals surface area contributed by atoms with Crippen LogP contribution in [0.15, 0.2) is 42.6 Å². The van der Waals surface area contributed by atoms with Crippen LogP contribution in [0, 0.1) is 11.3 Å². The number of methoxy groups -OCH3 is 1. The predicted octanol–water partition coefficient (Wildman–Crippen LogP) is 1.90. The third-order valence-corrected chi connectivity index (χ3v) is 3.91. The molecule has 2 aromatic rings. The normalized spacial score (nSPS) is 16.6. The smallest absolute Gasteiger partial charge is 0.256 e. The van der Waals surface area contributed by atoms with Gasteiger partial charge in [0.25, 0.3) is 5.91 Å². The number of nitriles is 1. The lowest BCUT2D eigenvalue weighted by Crippen LogP contribution is -2.34. The number of hydrogen-bond donors (Lipinski definition) is 1. The van der Waals surface area contributed by atoms with Gasteiger partial charge in [0.2, 0.25) is 11.8 Å². The predicted molar refractivity (Wildman–Crippen MR) is 91.1 cm³/mol. The van der Waals surface area contributed by atoms with Crippen molar-refractivity contribution in [1.29, 1.82) is 5.26 Å². The van der Waals surface area contributed by atoms with E-state index in [1.165, 1.54) is 13.3 Å². The van der Waals surface area contributed by atoms with Crippen LogP contribution in [-0.4, -0.2) is 29.9 Å². The number of nitrogens with zero attached hydrogens (tertiary/aromatic N) is 3. The fourth-order valence-electron chi connectivity index (χ4n) is 2.65. The summed E-state index contributed by atoms with van der Waals surface area (Å²) >= 11 is 0. The van der Waals surface area contributed by atoms with E-state index in [4.69, 9.17) is 10.00 Å². The number of benzene rings is 1. The van der Waals surface area contributed by atoms with E-state index in [0.717, 1.165) is 16.2 Å². The van der Waals surface area contributed by atoms with Gasteiger partial charge in [-0.3, -0.25) is 9.59 Å². The van der Waals surface area contributed by atoms with Crippen molar-refractivity contribution in [3.63, 3.8) is 0 Å². The van der Waals surface area contributed by atoms with E-state index in [2.05, 4.69) is 16.4 Å². The number of rotatable bonds is 5. The van der Waals surface area contributed by atoms with Gasteiger partial charge in [-0.15, -0.1) is 0 Å². The second-order valence-electron chi connectivity index (χ2n) is 5.56.